The van der Waals surface area contributed by atoms with Crippen molar-refractivity contribution in [3.8, 4) is 0 Å². The third-order valence-corrected chi connectivity index (χ3v) is 3.27. The molecule has 13 heavy (non-hydrogen) atoms. The molecule has 0 atom stereocenters. The third kappa shape index (κ3) is 2.60. The van der Waals surface area contributed by atoms with Crippen molar-refractivity contribution in [3.05, 3.63) is 26.9 Å². The van der Waals surface area contributed by atoms with Gasteiger partial charge in [0.15, 0.2) is 0 Å². The highest BCUT2D eigenvalue weighted by Gasteiger charge is 2.16. The maximum Gasteiger partial charge on any atom is 0.281 e. The average molecular weight is 335 g/mol. The normalized spacial score (nSPS) is 10.9. The molecule has 6 heteroatoms. The smallest absolute Gasteiger partial charge is 0.250 e. The Kier molecular flexibility index (Phi) is 4.06. The first kappa shape index (κ1) is 11.3. The van der Waals surface area contributed by atoms with Gasteiger partial charge >= 0.3 is 0 Å². The second-order valence-electron chi connectivity index (χ2n) is 2.23. The summed E-state index contributed by atoms with van der Waals surface area (Å²) in [5.74, 6) is 0. The maximum atomic E-state index is 12.4. The van der Waals surface area contributed by atoms with E-state index in [1.807, 2.05) is 0 Å². The quantitative estimate of drug-likeness (QED) is 0.733. The number of halogens is 5. The minimum atomic E-state index is -2.62. The van der Waals surface area contributed by atoms with Crippen LogP contribution in [0.3, 0.4) is 0 Å². The molecule has 0 fully saturated rings. The van der Waals surface area contributed by atoms with Gasteiger partial charge in [-0.1, -0.05) is 27.5 Å². The molecular formula is C7H4Br2ClF2N. The van der Waals surface area contributed by atoms with Gasteiger partial charge in [0.05, 0.1) is 15.2 Å². The van der Waals surface area contributed by atoms with Crippen molar-refractivity contribution in [1.82, 2.24) is 4.98 Å². The van der Waals surface area contributed by atoms with Crippen LogP contribution in [0.15, 0.2) is 10.5 Å². The van der Waals surface area contributed by atoms with Gasteiger partial charge in [-0.25, -0.2) is 13.8 Å². The number of hydrogen-bond acceptors (Lipinski definition) is 1. The Hall–Kier alpha value is 0.260. The van der Waals surface area contributed by atoms with Crippen molar-refractivity contribution in [1.29, 1.82) is 0 Å². The monoisotopic (exact) mass is 333 g/mol. The van der Waals surface area contributed by atoms with Gasteiger partial charge in [-0.15, -0.1) is 0 Å². The summed E-state index contributed by atoms with van der Waals surface area (Å²) < 4.78 is 24.9. The highest BCUT2D eigenvalue weighted by atomic mass is 79.9. The van der Waals surface area contributed by atoms with E-state index in [0.717, 1.165) is 0 Å². The van der Waals surface area contributed by atoms with Gasteiger partial charge in [0.1, 0.15) is 5.69 Å². The summed E-state index contributed by atoms with van der Waals surface area (Å²) >= 11 is 11.8. The molecule has 1 aromatic heterocycles. The van der Waals surface area contributed by atoms with Gasteiger partial charge in [-0.2, -0.15) is 0 Å². The first-order valence-electron chi connectivity index (χ1n) is 3.25. The van der Waals surface area contributed by atoms with E-state index >= 15 is 0 Å². The van der Waals surface area contributed by atoms with Crippen molar-refractivity contribution in [2.45, 2.75) is 11.8 Å². The van der Waals surface area contributed by atoms with Crippen LogP contribution in [0.25, 0.3) is 0 Å². The van der Waals surface area contributed by atoms with E-state index in [-0.39, 0.29) is 15.2 Å². The van der Waals surface area contributed by atoms with Crippen LogP contribution in [0.2, 0.25) is 5.02 Å². The fourth-order valence-corrected chi connectivity index (χ4v) is 1.67. The molecule has 0 bridgehead atoms. The van der Waals surface area contributed by atoms with Gasteiger partial charge in [-0.3, -0.25) is 0 Å². The summed E-state index contributed by atoms with van der Waals surface area (Å²) in [5, 5.41) is 0.652. The van der Waals surface area contributed by atoms with Crippen LogP contribution in [-0.4, -0.2) is 4.98 Å². The lowest BCUT2D eigenvalue weighted by Crippen LogP contribution is -1.96. The molecule has 0 aliphatic carbocycles. The van der Waals surface area contributed by atoms with Crippen molar-refractivity contribution < 1.29 is 8.78 Å². The molecule has 0 aromatic carbocycles. The number of aromatic nitrogens is 1. The van der Waals surface area contributed by atoms with Crippen LogP contribution >= 0.6 is 43.5 Å². The van der Waals surface area contributed by atoms with Crippen LogP contribution in [0, 0.1) is 0 Å². The van der Waals surface area contributed by atoms with Crippen molar-refractivity contribution in [2.75, 3.05) is 0 Å². The third-order valence-electron chi connectivity index (χ3n) is 1.34. The fourth-order valence-electron chi connectivity index (χ4n) is 0.781. The van der Waals surface area contributed by atoms with Crippen LogP contribution in [0.1, 0.15) is 17.8 Å². The first-order chi connectivity index (χ1) is 6.06. The zero-order chi connectivity index (χ0) is 10.0. The van der Waals surface area contributed by atoms with Crippen LogP contribution in [0.5, 0.6) is 0 Å². The highest BCUT2D eigenvalue weighted by Crippen LogP contribution is 2.32. The molecule has 1 heterocycles. The minimum Gasteiger partial charge on any atom is -0.250 e. The zero-order valence-corrected chi connectivity index (χ0v) is 10.1. The lowest BCUT2D eigenvalue weighted by atomic mass is 10.3. The molecular weight excluding hydrogens is 331 g/mol. The Morgan fingerprint density at radius 2 is 2.15 bits per heavy atom. The highest BCUT2D eigenvalue weighted by molar-refractivity contribution is 9.10. The molecule has 0 saturated heterocycles. The molecule has 0 spiro atoms. The molecule has 0 aliphatic rings. The van der Waals surface area contributed by atoms with Crippen molar-refractivity contribution in [2.24, 2.45) is 0 Å². The SMILES string of the molecule is FC(F)c1nc(CBr)cc(Cl)c1Br. The van der Waals surface area contributed by atoms with Gasteiger partial charge in [0.2, 0.25) is 0 Å². The Morgan fingerprint density at radius 3 is 2.62 bits per heavy atom. The van der Waals surface area contributed by atoms with Gasteiger partial charge in [-0.05, 0) is 22.0 Å². The molecule has 0 N–H and O–H groups in total. The molecule has 1 nitrogen and oxygen atoms in total. The largest absolute Gasteiger partial charge is 0.281 e. The van der Waals surface area contributed by atoms with Crippen molar-refractivity contribution >= 4 is 43.5 Å². The fraction of sp³-hybridized carbons (Fsp3) is 0.286. The van der Waals surface area contributed by atoms with E-state index in [0.29, 0.717) is 11.0 Å². The summed E-state index contributed by atoms with van der Waals surface area (Å²) in [5.41, 5.74) is 0.172. The van der Waals surface area contributed by atoms with E-state index in [2.05, 4.69) is 36.8 Å². The topological polar surface area (TPSA) is 12.9 Å². The lowest BCUT2D eigenvalue weighted by Gasteiger charge is -2.06. The van der Waals surface area contributed by atoms with Crippen LogP contribution in [-0.2, 0) is 5.33 Å². The van der Waals surface area contributed by atoms with Crippen molar-refractivity contribution in [3.63, 3.8) is 0 Å². The van der Waals surface area contributed by atoms with E-state index in [1.54, 1.807) is 0 Å². The van der Waals surface area contributed by atoms with E-state index < -0.39 is 6.43 Å². The predicted octanol–water partition coefficient (Wildman–Crippen LogP) is 4.33. The number of nitrogens with zero attached hydrogens (tertiary/aromatic N) is 1. The lowest BCUT2D eigenvalue weighted by molar-refractivity contribution is 0.145. The predicted molar refractivity (Wildman–Crippen MR) is 54.5 cm³/mol. The first-order valence-corrected chi connectivity index (χ1v) is 5.54. The number of rotatable bonds is 2. The Morgan fingerprint density at radius 1 is 1.54 bits per heavy atom. The van der Waals surface area contributed by atoms with E-state index in [1.165, 1.54) is 6.07 Å². The molecule has 1 aromatic rings. The van der Waals surface area contributed by atoms with Crippen LogP contribution in [0.4, 0.5) is 8.78 Å². The number of pyridine rings is 1. The standard InChI is InChI=1S/C7H4Br2ClF2N/c8-2-3-1-4(10)5(9)6(13-3)7(11)12/h1,7H,2H2. The second kappa shape index (κ2) is 4.66. The van der Waals surface area contributed by atoms with E-state index in [4.69, 9.17) is 11.6 Å². The molecule has 0 radical (unpaired) electrons. The van der Waals surface area contributed by atoms with Crippen LogP contribution < -0.4 is 0 Å². The minimum absolute atomic E-state index is 0.161. The zero-order valence-electron chi connectivity index (χ0n) is 6.20. The summed E-state index contributed by atoms with van der Waals surface area (Å²) in [7, 11) is 0. The number of hydrogen-bond donors (Lipinski definition) is 0. The van der Waals surface area contributed by atoms with Gasteiger partial charge in [0, 0.05) is 5.33 Å². The number of alkyl halides is 3. The summed E-state index contributed by atoms with van der Waals surface area (Å²) in [4.78, 5) is 3.72. The molecule has 0 saturated carbocycles. The Bertz CT molecular complexity index is 320. The van der Waals surface area contributed by atoms with Gasteiger partial charge < -0.3 is 0 Å². The molecule has 0 aliphatic heterocycles. The average Bonchev–Trinajstić information content (AvgIpc) is 2.09. The molecule has 0 amide bonds. The molecule has 1 rings (SSSR count). The summed E-state index contributed by atoms with van der Waals surface area (Å²) in [6.07, 6.45) is -2.62. The van der Waals surface area contributed by atoms with Gasteiger partial charge in [0.25, 0.3) is 6.43 Å². The molecule has 72 valence electrons. The summed E-state index contributed by atoms with van der Waals surface area (Å²) in [6.45, 7) is 0. The Balaban J connectivity index is 3.25. The molecule has 0 unspecified atom stereocenters. The Labute approximate surface area is 95.8 Å². The van der Waals surface area contributed by atoms with E-state index in [9.17, 15) is 8.78 Å². The summed E-state index contributed by atoms with van der Waals surface area (Å²) in [6, 6.07) is 1.53. The maximum absolute atomic E-state index is 12.4. The second-order valence-corrected chi connectivity index (χ2v) is 3.99.